The van der Waals surface area contributed by atoms with Gasteiger partial charge in [0.05, 0.1) is 18.4 Å². The van der Waals surface area contributed by atoms with Crippen LogP contribution in [0.1, 0.15) is 36.8 Å². The molecule has 2 aromatic heterocycles. The van der Waals surface area contributed by atoms with Gasteiger partial charge in [0.15, 0.2) is 0 Å². The Morgan fingerprint density at radius 2 is 2.07 bits per heavy atom. The van der Waals surface area contributed by atoms with E-state index < -0.39 is 0 Å². The highest BCUT2D eigenvalue weighted by atomic mass is 16.3. The second-order valence-corrected chi connectivity index (χ2v) is 8.05. The Hall–Kier alpha value is -2.18. The SMILES string of the molecule is O=C(NCc1ccoc1)[C@H]1CCCN(C2CCN(Cc3cccnc3)CC2)C1. The van der Waals surface area contributed by atoms with Crippen LogP contribution >= 0.6 is 0 Å². The number of hydrogen-bond donors (Lipinski definition) is 1. The van der Waals surface area contributed by atoms with Crippen LogP contribution in [-0.4, -0.2) is 52.9 Å². The van der Waals surface area contributed by atoms with Crippen molar-refractivity contribution in [1.82, 2.24) is 20.1 Å². The number of nitrogens with zero attached hydrogens (tertiary/aromatic N) is 3. The summed E-state index contributed by atoms with van der Waals surface area (Å²) in [6.45, 7) is 5.79. The van der Waals surface area contributed by atoms with Crippen molar-refractivity contribution in [2.45, 2.75) is 44.8 Å². The third-order valence-corrected chi connectivity index (χ3v) is 6.07. The lowest BCUT2D eigenvalue weighted by Crippen LogP contribution is -2.50. The molecule has 28 heavy (non-hydrogen) atoms. The minimum Gasteiger partial charge on any atom is -0.472 e. The van der Waals surface area contributed by atoms with Crippen LogP contribution < -0.4 is 5.32 Å². The highest BCUT2D eigenvalue weighted by Gasteiger charge is 2.31. The molecule has 0 unspecified atom stereocenters. The molecule has 1 N–H and O–H groups in total. The van der Waals surface area contributed by atoms with Gasteiger partial charge in [-0.15, -0.1) is 0 Å². The van der Waals surface area contributed by atoms with Gasteiger partial charge in [0.1, 0.15) is 0 Å². The van der Waals surface area contributed by atoms with E-state index in [4.69, 9.17) is 4.42 Å². The van der Waals surface area contributed by atoms with Crippen LogP contribution in [0.2, 0.25) is 0 Å². The number of carbonyl (C=O) groups is 1. The predicted molar refractivity (Wildman–Crippen MR) is 107 cm³/mol. The number of furan rings is 1. The largest absolute Gasteiger partial charge is 0.472 e. The van der Waals surface area contributed by atoms with Crippen LogP contribution in [0.25, 0.3) is 0 Å². The molecule has 2 aromatic rings. The quantitative estimate of drug-likeness (QED) is 0.832. The molecule has 150 valence electrons. The first-order valence-electron chi connectivity index (χ1n) is 10.4. The molecule has 1 atom stereocenters. The zero-order chi connectivity index (χ0) is 19.2. The van der Waals surface area contributed by atoms with Gasteiger partial charge < -0.3 is 9.73 Å². The number of likely N-dealkylation sites (tertiary alicyclic amines) is 2. The number of nitrogens with one attached hydrogen (secondary N) is 1. The van der Waals surface area contributed by atoms with Gasteiger partial charge in [-0.3, -0.25) is 19.6 Å². The Morgan fingerprint density at radius 3 is 2.82 bits per heavy atom. The van der Waals surface area contributed by atoms with Crippen LogP contribution in [0.5, 0.6) is 0 Å². The van der Waals surface area contributed by atoms with Crippen molar-refractivity contribution >= 4 is 5.91 Å². The van der Waals surface area contributed by atoms with Crippen molar-refractivity contribution in [1.29, 1.82) is 0 Å². The maximum atomic E-state index is 12.6. The molecule has 2 aliphatic heterocycles. The summed E-state index contributed by atoms with van der Waals surface area (Å²) >= 11 is 0. The summed E-state index contributed by atoms with van der Waals surface area (Å²) in [4.78, 5) is 21.9. The Balaban J connectivity index is 1.23. The van der Waals surface area contributed by atoms with Gasteiger partial charge in [-0.25, -0.2) is 0 Å². The Labute approximate surface area is 166 Å². The first-order valence-corrected chi connectivity index (χ1v) is 10.4. The Morgan fingerprint density at radius 1 is 1.18 bits per heavy atom. The molecule has 6 nitrogen and oxygen atoms in total. The molecule has 2 saturated heterocycles. The summed E-state index contributed by atoms with van der Waals surface area (Å²) in [6, 6.07) is 6.66. The van der Waals surface area contributed by atoms with E-state index in [1.165, 1.54) is 18.4 Å². The second-order valence-electron chi connectivity index (χ2n) is 8.05. The Bertz CT molecular complexity index is 726. The number of hydrogen-bond acceptors (Lipinski definition) is 5. The van der Waals surface area contributed by atoms with E-state index >= 15 is 0 Å². The van der Waals surface area contributed by atoms with Gasteiger partial charge in [-0.05, 0) is 63.0 Å². The maximum Gasteiger partial charge on any atom is 0.224 e. The fraction of sp³-hybridized carbons (Fsp3) is 0.545. The van der Waals surface area contributed by atoms with Crippen LogP contribution in [-0.2, 0) is 17.9 Å². The maximum absolute atomic E-state index is 12.6. The average molecular weight is 383 g/mol. The van der Waals surface area contributed by atoms with Gasteiger partial charge in [-0.2, -0.15) is 0 Å². The molecule has 4 heterocycles. The first-order chi connectivity index (χ1) is 13.8. The van der Waals surface area contributed by atoms with E-state index in [-0.39, 0.29) is 11.8 Å². The van der Waals surface area contributed by atoms with Crippen molar-refractivity contribution in [2.75, 3.05) is 26.2 Å². The zero-order valence-electron chi connectivity index (χ0n) is 16.4. The number of rotatable bonds is 6. The highest BCUT2D eigenvalue weighted by molar-refractivity contribution is 5.78. The minimum atomic E-state index is 0.106. The number of aromatic nitrogens is 1. The molecule has 4 rings (SSSR count). The van der Waals surface area contributed by atoms with Gasteiger partial charge in [0, 0.05) is 43.6 Å². The van der Waals surface area contributed by atoms with E-state index in [9.17, 15) is 4.79 Å². The lowest BCUT2D eigenvalue weighted by molar-refractivity contribution is -0.127. The lowest BCUT2D eigenvalue weighted by Gasteiger charge is -2.42. The van der Waals surface area contributed by atoms with E-state index in [0.717, 1.165) is 51.1 Å². The summed E-state index contributed by atoms with van der Waals surface area (Å²) in [5.41, 5.74) is 2.30. The Kier molecular flexibility index (Phi) is 6.39. The summed E-state index contributed by atoms with van der Waals surface area (Å²) in [7, 11) is 0. The predicted octanol–water partition coefficient (Wildman–Crippen LogP) is 2.67. The summed E-state index contributed by atoms with van der Waals surface area (Å²) in [5.74, 6) is 0.286. The first kappa shape index (κ1) is 19.2. The fourth-order valence-electron chi connectivity index (χ4n) is 4.47. The van der Waals surface area contributed by atoms with Crippen molar-refractivity contribution in [2.24, 2.45) is 5.92 Å². The minimum absolute atomic E-state index is 0.106. The fourth-order valence-corrected chi connectivity index (χ4v) is 4.47. The van der Waals surface area contributed by atoms with Crippen molar-refractivity contribution in [3.8, 4) is 0 Å². The van der Waals surface area contributed by atoms with Gasteiger partial charge in [0.25, 0.3) is 0 Å². The van der Waals surface area contributed by atoms with E-state index in [1.807, 2.05) is 24.5 Å². The molecule has 6 heteroatoms. The highest BCUT2D eigenvalue weighted by Crippen LogP contribution is 2.24. The van der Waals surface area contributed by atoms with Crippen LogP contribution in [0.4, 0.5) is 0 Å². The number of amides is 1. The molecule has 0 aromatic carbocycles. The summed E-state index contributed by atoms with van der Waals surface area (Å²) in [5, 5.41) is 3.07. The van der Waals surface area contributed by atoms with Crippen LogP contribution in [0.15, 0.2) is 47.5 Å². The lowest BCUT2D eigenvalue weighted by atomic mass is 9.93. The van der Waals surface area contributed by atoms with Gasteiger partial charge >= 0.3 is 0 Å². The number of pyridine rings is 1. The summed E-state index contributed by atoms with van der Waals surface area (Å²) < 4.78 is 5.07. The third kappa shape index (κ3) is 5.00. The van der Waals surface area contributed by atoms with E-state index in [2.05, 4.69) is 26.2 Å². The van der Waals surface area contributed by atoms with Gasteiger partial charge in [-0.1, -0.05) is 6.07 Å². The average Bonchev–Trinajstić information content (AvgIpc) is 3.27. The van der Waals surface area contributed by atoms with Gasteiger partial charge in [0.2, 0.25) is 5.91 Å². The van der Waals surface area contributed by atoms with E-state index in [1.54, 1.807) is 12.5 Å². The molecule has 2 fully saturated rings. The monoisotopic (exact) mass is 382 g/mol. The standard InChI is InChI=1S/C22H30N4O2/c27-22(24-14-19-7-12-28-17-19)20-4-2-9-26(16-20)21-5-10-25(11-6-21)15-18-3-1-8-23-13-18/h1,3,7-8,12-13,17,20-21H,2,4-6,9-11,14-16H2,(H,24,27)/t20-/m0/s1. The van der Waals surface area contributed by atoms with Crippen LogP contribution in [0.3, 0.4) is 0 Å². The molecule has 0 saturated carbocycles. The molecule has 0 radical (unpaired) electrons. The molecular formula is C22H30N4O2. The summed E-state index contributed by atoms with van der Waals surface area (Å²) in [6.07, 6.45) is 11.6. The number of piperidine rings is 2. The smallest absolute Gasteiger partial charge is 0.224 e. The normalized spacial score (nSPS) is 22.2. The molecule has 0 spiro atoms. The number of carbonyl (C=O) groups excluding carboxylic acids is 1. The molecule has 1 amide bonds. The molecular weight excluding hydrogens is 352 g/mol. The van der Waals surface area contributed by atoms with Crippen molar-refractivity contribution in [3.63, 3.8) is 0 Å². The molecule has 2 aliphatic rings. The molecule has 0 bridgehead atoms. The third-order valence-electron chi connectivity index (χ3n) is 6.07. The molecule has 0 aliphatic carbocycles. The topological polar surface area (TPSA) is 61.6 Å². The van der Waals surface area contributed by atoms with Crippen LogP contribution in [0, 0.1) is 5.92 Å². The van der Waals surface area contributed by atoms with Crippen molar-refractivity contribution in [3.05, 3.63) is 54.2 Å². The zero-order valence-corrected chi connectivity index (χ0v) is 16.4. The van der Waals surface area contributed by atoms with Crippen molar-refractivity contribution < 1.29 is 9.21 Å². The van der Waals surface area contributed by atoms with E-state index in [0.29, 0.717) is 12.6 Å². The second kappa shape index (κ2) is 9.34.